The van der Waals surface area contributed by atoms with Crippen molar-refractivity contribution in [1.82, 2.24) is 19.3 Å². The number of rotatable bonds is 12. The number of benzene rings is 2. The molecule has 0 aliphatic heterocycles. The van der Waals surface area contributed by atoms with Gasteiger partial charge in [0.1, 0.15) is 11.3 Å². The van der Waals surface area contributed by atoms with Crippen molar-refractivity contribution in [2.75, 3.05) is 6.54 Å². The van der Waals surface area contributed by atoms with Crippen molar-refractivity contribution in [2.24, 2.45) is 0 Å². The average Bonchev–Trinajstić information content (AvgIpc) is 3.20. The SMILES string of the molecule is CCCCCCc1nc2cnc3ccccc3c2n1CCCCNS(=O)(=O)c1ccccc1. The highest BCUT2D eigenvalue weighted by molar-refractivity contribution is 7.89. The fourth-order valence-electron chi connectivity index (χ4n) is 4.24. The van der Waals surface area contributed by atoms with E-state index in [4.69, 9.17) is 4.98 Å². The van der Waals surface area contributed by atoms with Crippen molar-refractivity contribution in [3.8, 4) is 0 Å². The Morgan fingerprint density at radius 3 is 2.48 bits per heavy atom. The number of nitrogens with one attached hydrogen (secondary N) is 1. The minimum absolute atomic E-state index is 0.305. The van der Waals surface area contributed by atoms with Gasteiger partial charge in [-0.25, -0.2) is 18.1 Å². The lowest BCUT2D eigenvalue weighted by atomic mass is 10.1. The number of hydrogen-bond acceptors (Lipinski definition) is 4. The van der Waals surface area contributed by atoms with Gasteiger partial charge >= 0.3 is 0 Å². The Hall–Kier alpha value is -2.77. The van der Waals surface area contributed by atoms with E-state index in [9.17, 15) is 8.42 Å². The van der Waals surface area contributed by atoms with Gasteiger partial charge in [-0.3, -0.25) is 4.98 Å². The first-order chi connectivity index (χ1) is 16.1. The minimum Gasteiger partial charge on any atom is -0.327 e. The Balaban J connectivity index is 1.47. The molecule has 1 N–H and O–H groups in total. The first-order valence-electron chi connectivity index (χ1n) is 11.9. The van der Waals surface area contributed by atoms with Gasteiger partial charge in [0.05, 0.1) is 22.1 Å². The lowest BCUT2D eigenvalue weighted by molar-refractivity contribution is 0.559. The predicted octanol–water partition coefficient (Wildman–Crippen LogP) is 5.47. The van der Waals surface area contributed by atoms with Crippen LogP contribution in [0.25, 0.3) is 21.9 Å². The van der Waals surface area contributed by atoms with E-state index < -0.39 is 10.0 Å². The highest BCUT2D eigenvalue weighted by Gasteiger charge is 2.15. The van der Waals surface area contributed by atoms with Gasteiger partial charge in [-0.15, -0.1) is 0 Å². The molecule has 7 heteroatoms. The fraction of sp³-hybridized carbons (Fsp3) is 0.385. The molecule has 174 valence electrons. The van der Waals surface area contributed by atoms with Crippen molar-refractivity contribution in [1.29, 1.82) is 0 Å². The summed E-state index contributed by atoms with van der Waals surface area (Å²) in [5, 5.41) is 1.12. The maximum atomic E-state index is 12.4. The Labute approximate surface area is 196 Å². The van der Waals surface area contributed by atoms with Crippen LogP contribution in [0.2, 0.25) is 0 Å². The topological polar surface area (TPSA) is 76.9 Å². The highest BCUT2D eigenvalue weighted by atomic mass is 32.2. The quantitative estimate of drug-likeness (QED) is 0.282. The summed E-state index contributed by atoms with van der Waals surface area (Å²) in [6.07, 6.45) is 9.22. The molecule has 0 aliphatic rings. The lowest BCUT2D eigenvalue weighted by Crippen LogP contribution is -2.25. The Bertz CT molecular complexity index is 1300. The number of sulfonamides is 1. The molecular weight excluding hydrogens is 432 g/mol. The van der Waals surface area contributed by atoms with Crippen LogP contribution in [0.3, 0.4) is 0 Å². The molecule has 4 rings (SSSR count). The third kappa shape index (κ3) is 5.60. The van der Waals surface area contributed by atoms with Gasteiger partial charge in [0.2, 0.25) is 10.0 Å². The van der Waals surface area contributed by atoms with Crippen LogP contribution in [0.5, 0.6) is 0 Å². The van der Waals surface area contributed by atoms with Gasteiger partial charge in [-0.05, 0) is 37.5 Å². The van der Waals surface area contributed by atoms with Gasteiger partial charge in [0, 0.05) is 24.9 Å². The number of fused-ring (bicyclic) bond motifs is 3. The van der Waals surface area contributed by atoms with Crippen molar-refractivity contribution in [3.63, 3.8) is 0 Å². The maximum absolute atomic E-state index is 12.4. The summed E-state index contributed by atoms with van der Waals surface area (Å²) < 4.78 is 29.9. The molecule has 0 radical (unpaired) electrons. The van der Waals surface area contributed by atoms with Gasteiger partial charge in [0.15, 0.2) is 0 Å². The second-order valence-electron chi connectivity index (χ2n) is 8.42. The molecule has 6 nitrogen and oxygen atoms in total. The summed E-state index contributed by atoms with van der Waals surface area (Å²) in [6, 6.07) is 16.7. The van der Waals surface area contributed by atoms with Gasteiger partial charge < -0.3 is 4.57 Å². The van der Waals surface area contributed by atoms with Crippen LogP contribution in [0.1, 0.15) is 51.3 Å². The monoisotopic (exact) mass is 464 g/mol. The van der Waals surface area contributed by atoms with Crippen molar-refractivity contribution in [2.45, 2.75) is 63.3 Å². The van der Waals surface area contributed by atoms with Crippen molar-refractivity contribution >= 4 is 32.0 Å². The molecule has 33 heavy (non-hydrogen) atoms. The van der Waals surface area contributed by atoms with E-state index in [0.29, 0.717) is 11.4 Å². The predicted molar refractivity (Wildman–Crippen MR) is 134 cm³/mol. The Morgan fingerprint density at radius 2 is 1.67 bits per heavy atom. The second-order valence-corrected chi connectivity index (χ2v) is 10.2. The molecule has 0 bridgehead atoms. The summed E-state index contributed by atoms with van der Waals surface area (Å²) in [5.74, 6) is 1.10. The van der Waals surface area contributed by atoms with Crippen LogP contribution in [-0.4, -0.2) is 29.5 Å². The Kier molecular flexibility index (Phi) is 7.73. The number of aromatic nitrogens is 3. The second kappa shape index (κ2) is 10.9. The van der Waals surface area contributed by atoms with Crippen LogP contribution in [-0.2, 0) is 23.0 Å². The van der Waals surface area contributed by atoms with Gasteiger partial charge in [0.25, 0.3) is 0 Å². The number of pyridine rings is 1. The number of para-hydroxylation sites is 1. The van der Waals surface area contributed by atoms with Crippen LogP contribution in [0.4, 0.5) is 0 Å². The van der Waals surface area contributed by atoms with Crippen LogP contribution in [0.15, 0.2) is 65.7 Å². The molecule has 4 aromatic rings. The number of aryl methyl sites for hydroxylation is 2. The average molecular weight is 465 g/mol. The third-order valence-electron chi connectivity index (χ3n) is 5.97. The summed E-state index contributed by atoms with van der Waals surface area (Å²) in [6.45, 7) is 3.44. The summed E-state index contributed by atoms with van der Waals surface area (Å²) in [4.78, 5) is 9.82. The summed E-state index contributed by atoms with van der Waals surface area (Å²) >= 11 is 0. The molecule has 0 saturated heterocycles. The first-order valence-corrected chi connectivity index (χ1v) is 13.4. The molecule has 0 saturated carbocycles. The zero-order valence-electron chi connectivity index (χ0n) is 19.2. The zero-order valence-corrected chi connectivity index (χ0v) is 20.0. The fourth-order valence-corrected chi connectivity index (χ4v) is 5.33. The number of imidazole rings is 1. The van der Waals surface area contributed by atoms with Crippen molar-refractivity contribution in [3.05, 3.63) is 66.6 Å². The van der Waals surface area contributed by atoms with Crippen molar-refractivity contribution < 1.29 is 8.42 Å². The molecular formula is C26H32N4O2S. The number of nitrogens with zero attached hydrogens (tertiary/aromatic N) is 3. The summed E-state index contributed by atoms with van der Waals surface area (Å²) in [5.41, 5.74) is 3.04. The molecule has 0 unspecified atom stereocenters. The highest BCUT2D eigenvalue weighted by Crippen LogP contribution is 2.26. The molecule has 0 atom stereocenters. The van der Waals surface area contributed by atoms with E-state index in [0.717, 1.165) is 60.0 Å². The van der Waals surface area contributed by atoms with Gasteiger partial charge in [-0.1, -0.05) is 62.6 Å². The normalized spacial score (nSPS) is 12.0. The molecule has 0 fully saturated rings. The smallest absolute Gasteiger partial charge is 0.240 e. The zero-order chi connectivity index (χ0) is 23.1. The van der Waals surface area contributed by atoms with Crippen LogP contribution < -0.4 is 4.72 Å². The minimum atomic E-state index is -3.46. The van der Waals surface area contributed by atoms with E-state index in [2.05, 4.69) is 27.3 Å². The molecule has 0 amide bonds. The number of hydrogen-bond donors (Lipinski definition) is 1. The summed E-state index contributed by atoms with van der Waals surface area (Å²) in [7, 11) is -3.46. The molecule has 2 heterocycles. The Morgan fingerprint density at radius 1 is 0.879 bits per heavy atom. The van der Waals surface area contributed by atoms with E-state index in [-0.39, 0.29) is 0 Å². The van der Waals surface area contributed by atoms with Crippen LogP contribution >= 0.6 is 0 Å². The first kappa shape index (κ1) is 23.4. The lowest BCUT2D eigenvalue weighted by Gasteiger charge is -2.11. The van der Waals surface area contributed by atoms with E-state index >= 15 is 0 Å². The van der Waals surface area contributed by atoms with Gasteiger partial charge in [-0.2, -0.15) is 0 Å². The standard InChI is InChI=1S/C26H32N4O2S/c1-2-3-4-8-17-25-29-24-20-27-23-16-10-9-15-22(23)26(24)30(25)19-12-11-18-28-33(31,32)21-13-6-5-7-14-21/h5-7,9-10,13-16,20,28H,2-4,8,11-12,17-19H2,1H3. The molecule has 2 aromatic heterocycles. The molecule has 2 aromatic carbocycles. The third-order valence-corrected chi connectivity index (χ3v) is 7.44. The van der Waals surface area contributed by atoms with E-state index in [1.807, 2.05) is 30.5 Å². The molecule has 0 aliphatic carbocycles. The maximum Gasteiger partial charge on any atom is 0.240 e. The van der Waals surface area contributed by atoms with Crippen LogP contribution in [0, 0.1) is 0 Å². The van der Waals surface area contributed by atoms with E-state index in [1.54, 1.807) is 24.3 Å². The van der Waals surface area contributed by atoms with E-state index in [1.165, 1.54) is 19.3 Å². The molecule has 0 spiro atoms. The largest absolute Gasteiger partial charge is 0.327 e. The number of unbranched alkanes of at least 4 members (excludes halogenated alkanes) is 4.